The SMILES string of the molecule is COc1cccc(CN(C(=O)CN(c2ccc(C)cc2C)S(=O)(=O)c2ccccc2)C(C)C(=O)NCC(C)C)c1. The van der Waals surface area contributed by atoms with Gasteiger partial charge in [0, 0.05) is 13.1 Å². The summed E-state index contributed by atoms with van der Waals surface area (Å²) in [5.41, 5.74) is 2.84. The van der Waals surface area contributed by atoms with Crippen molar-refractivity contribution in [2.75, 3.05) is 24.5 Å². The van der Waals surface area contributed by atoms with Gasteiger partial charge in [-0.25, -0.2) is 8.42 Å². The first-order chi connectivity index (χ1) is 18.9. The van der Waals surface area contributed by atoms with Crippen molar-refractivity contribution < 1.29 is 22.7 Å². The number of carbonyl (C=O) groups is 2. The Hall–Kier alpha value is -3.85. The lowest BCUT2D eigenvalue weighted by Gasteiger charge is -2.32. The highest BCUT2D eigenvalue weighted by Gasteiger charge is 2.33. The summed E-state index contributed by atoms with van der Waals surface area (Å²) in [6, 6.07) is 19.8. The molecule has 0 bridgehead atoms. The van der Waals surface area contributed by atoms with Gasteiger partial charge in [-0.15, -0.1) is 0 Å². The lowest BCUT2D eigenvalue weighted by atomic mass is 10.1. The van der Waals surface area contributed by atoms with E-state index in [0.717, 1.165) is 21.0 Å². The molecule has 0 radical (unpaired) electrons. The highest BCUT2D eigenvalue weighted by atomic mass is 32.2. The van der Waals surface area contributed by atoms with Crippen molar-refractivity contribution in [3.05, 3.63) is 89.5 Å². The Kier molecular flexibility index (Phi) is 10.3. The van der Waals surface area contributed by atoms with Crippen LogP contribution in [0.2, 0.25) is 0 Å². The summed E-state index contributed by atoms with van der Waals surface area (Å²) in [5, 5.41) is 2.89. The third kappa shape index (κ3) is 7.63. The van der Waals surface area contributed by atoms with Gasteiger partial charge in [-0.05, 0) is 68.1 Å². The Balaban J connectivity index is 2.04. The smallest absolute Gasteiger partial charge is 0.264 e. The molecular formula is C31H39N3O5S. The first kappa shape index (κ1) is 30.7. The van der Waals surface area contributed by atoms with Gasteiger partial charge in [0.1, 0.15) is 18.3 Å². The number of hydrogen-bond acceptors (Lipinski definition) is 5. The molecule has 9 heteroatoms. The van der Waals surface area contributed by atoms with E-state index >= 15 is 0 Å². The largest absolute Gasteiger partial charge is 0.497 e. The number of anilines is 1. The van der Waals surface area contributed by atoms with Crippen LogP contribution < -0.4 is 14.4 Å². The Morgan fingerprint density at radius 1 is 0.925 bits per heavy atom. The van der Waals surface area contributed by atoms with Crippen LogP contribution >= 0.6 is 0 Å². The van der Waals surface area contributed by atoms with E-state index < -0.39 is 28.5 Å². The molecule has 0 heterocycles. The van der Waals surface area contributed by atoms with Crippen LogP contribution in [-0.2, 0) is 26.2 Å². The number of ether oxygens (including phenoxy) is 1. The molecular weight excluding hydrogens is 526 g/mol. The van der Waals surface area contributed by atoms with Gasteiger partial charge in [-0.3, -0.25) is 13.9 Å². The molecule has 0 aliphatic carbocycles. The monoisotopic (exact) mass is 565 g/mol. The third-order valence-corrected chi connectivity index (χ3v) is 8.34. The number of rotatable bonds is 12. The Labute approximate surface area is 238 Å². The van der Waals surface area contributed by atoms with Crippen LogP contribution in [0.4, 0.5) is 5.69 Å². The van der Waals surface area contributed by atoms with Crippen molar-refractivity contribution in [2.45, 2.75) is 52.1 Å². The topological polar surface area (TPSA) is 96.0 Å². The standard InChI is InChI=1S/C31H39N3O5S/c1-22(2)19-32-31(36)25(5)33(20-26-11-10-12-27(18-26)39-6)30(35)21-34(29-16-15-23(3)17-24(29)4)40(37,38)28-13-8-7-9-14-28/h7-18,22,25H,19-21H2,1-6H3,(H,32,36). The number of hydrogen-bond donors (Lipinski definition) is 1. The van der Waals surface area contributed by atoms with Crippen LogP contribution in [0.1, 0.15) is 37.5 Å². The highest BCUT2D eigenvalue weighted by molar-refractivity contribution is 7.92. The fourth-order valence-corrected chi connectivity index (χ4v) is 5.82. The first-order valence-corrected chi connectivity index (χ1v) is 14.7. The molecule has 0 saturated heterocycles. The Morgan fingerprint density at radius 3 is 2.25 bits per heavy atom. The van der Waals surface area contributed by atoms with Gasteiger partial charge in [0.25, 0.3) is 10.0 Å². The number of benzene rings is 3. The summed E-state index contributed by atoms with van der Waals surface area (Å²) >= 11 is 0. The van der Waals surface area contributed by atoms with Gasteiger partial charge in [0.2, 0.25) is 11.8 Å². The van der Waals surface area contributed by atoms with Gasteiger partial charge >= 0.3 is 0 Å². The van der Waals surface area contributed by atoms with Crippen LogP contribution in [-0.4, -0.2) is 51.4 Å². The molecule has 3 aromatic rings. The van der Waals surface area contributed by atoms with E-state index in [1.807, 2.05) is 52.0 Å². The maximum absolute atomic E-state index is 14.0. The maximum atomic E-state index is 14.0. The van der Waals surface area contributed by atoms with Crippen molar-refractivity contribution in [3.63, 3.8) is 0 Å². The molecule has 0 aliphatic rings. The summed E-state index contributed by atoms with van der Waals surface area (Å²) < 4.78 is 34.3. The van der Waals surface area contributed by atoms with E-state index in [0.29, 0.717) is 18.0 Å². The number of aryl methyl sites for hydroxylation is 2. The van der Waals surface area contributed by atoms with E-state index in [1.165, 1.54) is 17.0 Å². The van der Waals surface area contributed by atoms with E-state index in [2.05, 4.69) is 5.32 Å². The number of amides is 2. The Bertz CT molecular complexity index is 1420. The fourth-order valence-electron chi connectivity index (χ4n) is 4.32. The molecule has 8 nitrogen and oxygen atoms in total. The maximum Gasteiger partial charge on any atom is 0.264 e. The molecule has 0 aromatic heterocycles. The molecule has 1 N–H and O–H groups in total. The van der Waals surface area contributed by atoms with Crippen LogP contribution in [0.25, 0.3) is 0 Å². The lowest BCUT2D eigenvalue weighted by Crippen LogP contribution is -2.51. The average molecular weight is 566 g/mol. The second-order valence-electron chi connectivity index (χ2n) is 10.3. The lowest BCUT2D eigenvalue weighted by molar-refractivity contribution is -0.139. The fraction of sp³-hybridized carbons (Fsp3) is 0.355. The van der Waals surface area contributed by atoms with Gasteiger partial charge < -0.3 is 15.0 Å². The molecule has 0 saturated carbocycles. The van der Waals surface area contributed by atoms with Crippen LogP contribution in [0, 0.1) is 19.8 Å². The van der Waals surface area contributed by atoms with Crippen molar-refractivity contribution >= 4 is 27.5 Å². The van der Waals surface area contributed by atoms with Crippen molar-refractivity contribution in [3.8, 4) is 5.75 Å². The highest BCUT2D eigenvalue weighted by Crippen LogP contribution is 2.28. The number of methoxy groups -OCH3 is 1. The van der Waals surface area contributed by atoms with E-state index in [9.17, 15) is 18.0 Å². The Morgan fingerprint density at radius 2 is 1.62 bits per heavy atom. The van der Waals surface area contributed by atoms with E-state index in [4.69, 9.17) is 4.74 Å². The predicted molar refractivity (Wildman–Crippen MR) is 158 cm³/mol. The summed E-state index contributed by atoms with van der Waals surface area (Å²) in [4.78, 5) is 28.6. The molecule has 0 spiro atoms. The van der Waals surface area contributed by atoms with E-state index in [1.54, 1.807) is 50.4 Å². The normalized spacial score (nSPS) is 12.1. The van der Waals surface area contributed by atoms with E-state index in [-0.39, 0.29) is 23.3 Å². The van der Waals surface area contributed by atoms with Gasteiger partial charge in [0.05, 0.1) is 17.7 Å². The average Bonchev–Trinajstić information content (AvgIpc) is 2.93. The summed E-state index contributed by atoms with van der Waals surface area (Å²) in [6.45, 7) is 9.44. The zero-order valence-electron chi connectivity index (χ0n) is 24.0. The zero-order valence-corrected chi connectivity index (χ0v) is 24.9. The van der Waals surface area contributed by atoms with Crippen LogP contribution in [0.5, 0.6) is 5.75 Å². The second kappa shape index (κ2) is 13.5. The van der Waals surface area contributed by atoms with Crippen LogP contribution in [0.15, 0.2) is 77.7 Å². The second-order valence-corrected chi connectivity index (χ2v) is 12.2. The minimum absolute atomic E-state index is 0.0739. The van der Waals surface area contributed by atoms with Crippen molar-refractivity contribution in [1.29, 1.82) is 0 Å². The predicted octanol–water partition coefficient (Wildman–Crippen LogP) is 4.70. The van der Waals surface area contributed by atoms with Gasteiger partial charge in [-0.2, -0.15) is 0 Å². The summed E-state index contributed by atoms with van der Waals surface area (Å²) in [5.74, 6) is 0.0310. The number of carbonyl (C=O) groups excluding carboxylic acids is 2. The van der Waals surface area contributed by atoms with Crippen molar-refractivity contribution in [2.24, 2.45) is 5.92 Å². The third-order valence-electron chi connectivity index (χ3n) is 6.57. The van der Waals surface area contributed by atoms with Crippen molar-refractivity contribution in [1.82, 2.24) is 10.2 Å². The molecule has 0 fully saturated rings. The number of nitrogens with zero attached hydrogens (tertiary/aromatic N) is 2. The molecule has 40 heavy (non-hydrogen) atoms. The molecule has 2 amide bonds. The minimum atomic E-state index is -4.10. The van der Waals surface area contributed by atoms with Gasteiger partial charge in [-0.1, -0.05) is 61.9 Å². The zero-order chi connectivity index (χ0) is 29.4. The molecule has 3 rings (SSSR count). The summed E-state index contributed by atoms with van der Waals surface area (Å²) in [6.07, 6.45) is 0. The molecule has 214 valence electrons. The quantitative estimate of drug-likeness (QED) is 0.344. The minimum Gasteiger partial charge on any atom is -0.497 e. The molecule has 3 aromatic carbocycles. The molecule has 1 unspecified atom stereocenters. The number of nitrogens with one attached hydrogen (secondary N) is 1. The molecule has 0 aliphatic heterocycles. The van der Waals surface area contributed by atoms with Crippen LogP contribution in [0.3, 0.4) is 0 Å². The number of sulfonamides is 1. The molecule has 1 atom stereocenters. The van der Waals surface area contributed by atoms with Gasteiger partial charge in [0.15, 0.2) is 0 Å². The summed E-state index contributed by atoms with van der Waals surface area (Å²) in [7, 11) is -2.55. The first-order valence-electron chi connectivity index (χ1n) is 13.3.